The minimum absolute atomic E-state index is 0.515. The fourth-order valence-electron chi connectivity index (χ4n) is 6.82. The van der Waals surface area contributed by atoms with Gasteiger partial charge in [0.05, 0.1) is 5.41 Å². The maximum Gasteiger partial charge on any atom is 0.132 e. The molecule has 42 heavy (non-hydrogen) atoms. The number of benzene rings is 7. The number of ether oxygens (including phenoxy) is 1. The smallest absolute Gasteiger partial charge is 0.132 e. The molecule has 0 unspecified atom stereocenters. The van der Waals surface area contributed by atoms with E-state index in [4.69, 9.17) is 4.74 Å². The van der Waals surface area contributed by atoms with Crippen LogP contribution in [0.25, 0.3) is 33.0 Å². The quantitative estimate of drug-likeness (QED) is 0.217. The van der Waals surface area contributed by atoms with Gasteiger partial charge in [-0.3, -0.25) is 0 Å². The Bertz CT molecular complexity index is 2000. The highest BCUT2D eigenvalue weighted by Crippen LogP contribution is 2.56. The average Bonchev–Trinajstić information content (AvgIpc) is 3.07. The number of hydrogen-bond donors (Lipinski definition) is 0. The van der Waals surface area contributed by atoms with Crippen LogP contribution in [-0.2, 0) is 5.41 Å². The van der Waals surface area contributed by atoms with Gasteiger partial charge in [-0.2, -0.15) is 0 Å². The molecular formula is C41H28O. The van der Waals surface area contributed by atoms with E-state index < -0.39 is 5.41 Å². The van der Waals surface area contributed by atoms with Crippen LogP contribution in [0.15, 0.2) is 170 Å². The summed E-state index contributed by atoms with van der Waals surface area (Å²) in [7, 11) is 0. The lowest BCUT2D eigenvalue weighted by Gasteiger charge is -2.41. The molecule has 0 atom stereocenters. The minimum atomic E-state index is -0.515. The molecule has 0 saturated carbocycles. The van der Waals surface area contributed by atoms with Gasteiger partial charge in [-0.15, -0.1) is 0 Å². The first-order valence-electron chi connectivity index (χ1n) is 14.4. The lowest BCUT2D eigenvalue weighted by Crippen LogP contribution is -2.34. The Kier molecular flexibility index (Phi) is 5.75. The molecule has 1 nitrogen and oxygen atoms in total. The van der Waals surface area contributed by atoms with Crippen molar-refractivity contribution in [3.8, 4) is 33.8 Å². The molecule has 0 radical (unpaired) electrons. The standard InChI is InChI=1S/C41H28O/c1-4-14-29(15-5-1)34-22-12-16-30-17-13-23-35(40(30)34)31-26-27-37-39(28-31)42-38-25-11-10-24-36(38)41(37,32-18-6-2-7-19-32)33-20-8-3-9-21-33/h1-28H. The van der Waals surface area contributed by atoms with Crippen LogP contribution in [0.4, 0.5) is 0 Å². The SMILES string of the molecule is c1ccc(-c2cccc3cccc(-c4ccc5c(c4)Oc4ccccc4C5(c4ccccc4)c4ccccc4)c23)cc1. The van der Waals surface area contributed by atoms with Crippen LogP contribution in [-0.4, -0.2) is 0 Å². The summed E-state index contributed by atoms with van der Waals surface area (Å²) in [6, 6.07) is 60.7. The Balaban J connectivity index is 1.41. The molecule has 0 saturated heterocycles. The van der Waals surface area contributed by atoms with Crippen molar-refractivity contribution in [2.45, 2.75) is 5.41 Å². The van der Waals surface area contributed by atoms with Crippen molar-refractivity contribution in [1.29, 1.82) is 0 Å². The van der Waals surface area contributed by atoms with Gasteiger partial charge in [-0.1, -0.05) is 158 Å². The highest BCUT2D eigenvalue weighted by Gasteiger charge is 2.45. The minimum Gasteiger partial charge on any atom is -0.457 e. The molecule has 7 aromatic rings. The van der Waals surface area contributed by atoms with Crippen molar-refractivity contribution in [3.05, 3.63) is 192 Å². The summed E-state index contributed by atoms with van der Waals surface area (Å²) < 4.78 is 6.76. The molecule has 1 aliphatic rings. The summed E-state index contributed by atoms with van der Waals surface area (Å²) in [4.78, 5) is 0. The lowest BCUT2D eigenvalue weighted by atomic mass is 9.63. The van der Waals surface area contributed by atoms with Crippen LogP contribution in [0.2, 0.25) is 0 Å². The topological polar surface area (TPSA) is 9.23 Å². The number of hydrogen-bond acceptors (Lipinski definition) is 1. The molecule has 0 aromatic heterocycles. The highest BCUT2D eigenvalue weighted by molar-refractivity contribution is 6.06. The molecule has 1 heteroatoms. The number of rotatable bonds is 4. The first-order chi connectivity index (χ1) is 20.8. The normalized spacial score (nSPS) is 13.1. The highest BCUT2D eigenvalue weighted by atomic mass is 16.5. The second-order valence-electron chi connectivity index (χ2n) is 10.9. The third kappa shape index (κ3) is 3.71. The molecule has 7 aromatic carbocycles. The largest absolute Gasteiger partial charge is 0.457 e. The first kappa shape index (κ1) is 24.4. The van der Waals surface area contributed by atoms with Crippen molar-refractivity contribution in [3.63, 3.8) is 0 Å². The fraction of sp³-hybridized carbons (Fsp3) is 0.0244. The third-order valence-corrected chi connectivity index (χ3v) is 8.61. The van der Waals surface area contributed by atoms with E-state index in [1.165, 1.54) is 38.6 Å². The average molecular weight is 537 g/mol. The van der Waals surface area contributed by atoms with Crippen molar-refractivity contribution in [2.75, 3.05) is 0 Å². The summed E-state index contributed by atoms with van der Waals surface area (Å²) in [6.07, 6.45) is 0. The Hall–Kier alpha value is -5.40. The number of fused-ring (bicyclic) bond motifs is 3. The Morgan fingerprint density at radius 2 is 0.929 bits per heavy atom. The molecule has 0 aliphatic carbocycles. The molecule has 0 N–H and O–H groups in total. The van der Waals surface area contributed by atoms with Crippen LogP contribution in [0.3, 0.4) is 0 Å². The summed E-state index contributed by atoms with van der Waals surface area (Å²) >= 11 is 0. The summed E-state index contributed by atoms with van der Waals surface area (Å²) in [5.41, 5.74) is 9.00. The van der Waals surface area contributed by atoms with Gasteiger partial charge in [0.15, 0.2) is 0 Å². The van der Waals surface area contributed by atoms with Gasteiger partial charge in [-0.25, -0.2) is 0 Å². The van der Waals surface area contributed by atoms with Crippen molar-refractivity contribution >= 4 is 10.8 Å². The van der Waals surface area contributed by atoms with Crippen LogP contribution in [0.1, 0.15) is 22.3 Å². The van der Waals surface area contributed by atoms with E-state index in [1.807, 2.05) is 0 Å². The van der Waals surface area contributed by atoms with Crippen molar-refractivity contribution in [1.82, 2.24) is 0 Å². The monoisotopic (exact) mass is 536 g/mol. The lowest BCUT2D eigenvalue weighted by molar-refractivity contribution is 0.435. The first-order valence-corrected chi connectivity index (χ1v) is 14.4. The van der Waals surface area contributed by atoms with Gasteiger partial charge in [0, 0.05) is 11.1 Å². The third-order valence-electron chi connectivity index (χ3n) is 8.61. The molecule has 0 spiro atoms. The van der Waals surface area contributed by atoms with Crippen LogP contribution in [0, 0.1) is 0 Å². The zero-order valence-corrected chi connectivity index (χ0v) is 23.1. The van der Waals surface area contributed by atoms with Crippen molar-refractivity contribution in [2.24, 2.45) is 0 Å². The van der Waals surface area contributed by atoms with Crippen LogP contribution in [0.5, 0.6) is 11.5 Å². The Morgan fingerprint density at radius 1 is 0.381 bits per heavy atom. The second-order valence-corrected chi connectivity index (χ2v) is 10.9. The van der Waals surface area contributed by atoms with Gasteiger partial charge < -0.3 is 4.74 Å². The molecule has 198 valence electrons. The predicted molar refractivity (Wildman–Crippen MR) is 173 cm³/mol. The van der Waals surface area contributed by atoms with E-state index in [9.17, 15) is 0 Å². The molecule has 8 rings (SSSR count). The van der Waals surface area contributed by atoms with E-state index in [0.29, 0.717) is 0 Å². The zero-order valence-electron chi connectivity index (χ0n) is 23.1. The molecule has 0 bridgehead atoms. The Morgan fingerprint density at radius 3 is 1.60 bits per heavy atom. The molecule has 1 heterocycles. The van der Waals surface area contributed by atoms with Gasteiger partial charge in [-0.05, 0) is 56.3 Å². The Labute approximate surface area is 246 Å². The summed E-state index contributed by atoms with van der Waals surface area (Å²) in [5.74, 6) is 1.77. The van der Waals surface area contributed by atoms with Gasteiger partial charge >= 0.3 is 0 Å². The van der Waals surface area contributed by atoms with Gasteiger partial charge in [0.1, 0.15) is 11.5 Å². The number of para-hydroxylation sites is 1. The summed E-state index contributed by atoms with van der Waals surface area (Å²) in [6.45, 7) is 0. The second kappa shape index (κ2) is 9.90. The van der Waals surface area contributed by atoms with E-state index in [-0.39, 0.29) is 0 Å². The predicted octanol–water partition coefficient (Wildman–Crippen LogP) is 10.7. The molecule has 0 amide bonds. The van der Waals surface area contributed by atoms with Crippen molar-refractivity contribution < 1.29 is 4.74 Å². The molecular weight excluding hydrogens is 508 g/mol. The van der Waals surface area contributed by atoms with E-state index >= 15 is 0 Å². The van der Waals surface area contributed by atoms with Gasteiger partial charge in [0.2, 0.25) is 0 Å². The maximum absolute atomic E-state index is 6.76. The maximum atomic E-state index is 6.76. The van der Waals surface area contributed by atoms with E-state index in [1.54, 1.807) is 0 Å². The van der Waals surface area contributed by atoms with Crippen LogP contribution >= 0.6 is 0 Å². The van der Waals surface area contributed by atoms with Gasteiger partial charge in [0.25, 0.3) is 0 Å². The zero-order chi connectivity index (χ0) is 27.9. The summed E-state index contributed by atoms with van der Waals surface area (Å²) in [5, 5.41) is 2.47. The molecule has 0 fully saturated rings. The van der Waals surface area contributed by atoms with E-state index in [2.05, 4.69) is 170 Å². The fourth-order valence-corrected chi connectivity index (χ4v) is 6.82. The molecule has 1 aliphatic heterocycles. The van der Waals surface area contributed by atoms with E-state index in [0.717, 1.165) is 28.2 Å². The van der Waals surface area contributed by atoms with Crippen LogP contribution < -0.4 is 4.74 Å².